The molecule has 0 radical (unpaired) electrons. The molecule has 2 N–H and O–H groups in total. The number of piperazine rings is 1. The quantitative estimate of drug-likeness (QED) is 0.387. The number of hydrogen-bond donors (Lipinski definition) is 2. The monoisotopic (exact) mass is 567 g/mol. The first-order valence-electron chi connectivity index (χ1n) is 13.5. The first-order valence-corrected chi connectivity index (χ1v) is 13.5. The smallest absolute Gasteiger partial charge is 0.416 e. The fraction of sp³-hybridized carbons (Fsp3) is 0.333. The first kappa shape index (κ1) is 28.1. The summed E-state index contributed by atoms with van der Waals surface area (Å²) in [4.78, 5) is 32.5. The van der Waals surface area contributed by atoms with E-state index in [9.17, 15) is 22.8 Å². The van der Waals surface area contributed by atoms with Gasteiger partial charge in [-0.2, -0.15) is 13.2 Å². The maximum absolute atomic E-state index is 13.6. The normalized spacial score (nSPS) is 15.6. The van der Waals surface area contributed by atoms with E-state index in [0.29, 0.717) is 37.4 Å². The van der Waals surface area contributed by atoms with Crippen LogP contribution < -0.4 is 25.2 Å². The molecule has 0 unspecified atom stereocenters. The summed E-state index contributed by atoms with van der Waals surface area (Å²) in [5, 5.41) is 5.11. The number of hydrogen-bond acceptors (Lipinski definition) is 5. The molecule has 8 nitrogen and oxygen atoms in total. The lowest BCUT2D eigenvalue weighted by molar-refractivity contribution is -0.137. The molecule has 3 amide bonds. The number of carbonyl (C=O) groups is 2. The van der Waals surface area contributed by atoms with E-state index in [1.54, 1.807) is 19.2 Å². The standard InChI is InChI=1S/C30H32F3N5O3/c1-41-27-10-3-2-9-26(27)37-17-15-36(16-18-37)25-12-11-23(20-24(25)28(39)38-13-4-5-14-38)35-29(40)34-22-8-6-7-21(19-22)30(31,32)33/h2-3,6-12,19-20H,4-5,13-18H2,1H3,(H2,34,35,40). The number of likely N-dealkylation sites (tertiary alicyclic amines) is 1. The number of methoxy groups -OCH3 is 1. The zero-order valence-electron chi connectivity index (χ0n) is 22.7. The Labute approximate surface area is 236 Å². The van der Waals surface area contributed by atoms with E-state index < -0.39 is 17.8 Å². The molecule has 3 aromatic carbocycles. The molecule has 11 heteroatoms. The zero-order chi connectivity index (χ0) is 29.0. The van der Waals surface area contributed by atoms with Gasteiger partial charge in [0.1, 0.15) is 5.75 Å². The second-order valence-corrected chi connectivity index (χ2v) is 10.0. The molecule has 2 fully saturated rings. The van der Waals surface area contributed by atoms with Crippen LogP contribution in [0.2, 0.25) is 0 Å². The molecular weight excluding hydrogens is 535 g/mol. The van der Waals surface area contributed by atoms with Gasteiger partial charge in [-0.05, 0) is 61.4 Å². The van der Waals surface area contributed by atoms with Crippen LogP contribution in [-0.4, -0.2) is 63.2 Å². The van der Waals surface area contributed by atoms with E-state index in [4.69, 9.17) is 4.74 Å². The minimum absolute atomic E-state index is 0.00947. The average Bonchev–Trinajstić information content (AvgIpc) is 3.52. The van der Waals surface area contributed by atoms with Crippen molar-refractivity contribution in [2.24, 2.45) is 0 Å². The predicted molar refractivity (Wildman–Crippen MR) is 153 cm³/mol. The molecule has 2 heterocycles. The van der Waals surface area contributed by atoms with Crippen molar-refractivity contribution in [1.29, 1.82) is 0 Å². The fourth-order valence-electron chi connectivity index (χ4n) is 5.30. The van der Waals surface area contributed by atoms with Gasteiger partial charge in [0.05, 0.1) is 23.9 Å². The van der Waals surface area contributed by atoms with Gasteiger partial charge in [0.15, 0.2) is 0 Å². The van der Waals surface area contributed by atoms with Gasteiger partial charge in [0.25, 0.3) is 5.91 Å². The summed E-state index contributed by atoms with van der Waals surface area (Å²) in [6, 6.07) is 16.8. The molecule has 0 aliphatic carbocycles. The lowest BCUT2D eigenvalue weighted by Crippen LogP contribution is -2.47. The Morgan fingerprint density at radius 2 is 1.39 bits per heavy atom. The number of alkyl halides is 3. The van der Waals surface area contributed by atoms with E-state index in [2.05, 4.69) is 20.4 Å². The van der Waals surface area contributed by atoms with E-state index in [0.717, 1.165) is 55.2 Å². The molecule has 2 saturated heterocycles. The highest BCUT2D eigenvalue weighted by Gasteiger charge is 2.31. The minimum atomic E-state index is -4.52. The summed E-state index contributed by atoms with van der Waals surface area (Å²) >= 11 is 0. The Kier molecular flexibility index (Phi) is 8.23. The Morgan fingerprint density at radius 1 is 0.756 bits per heavy atom. The molecule has 0 spiro atoms. The molecule has 0 atom stereocenters. The topological polar surface area (TPSA) is 77.1 Å². The van der Waals surface area contributed by atoms with Crippen LogP contribution in [0, 0.1) is 0 Å². The number of ether oxygens (including phenoxy) is 1. The van der Waals surface area contributed by atoms with Crippen LogP contribution in [-0.2, 0) is 6.18 Å². The Bertz CT molecular complexity index is 1400. The van der Waals surface area contributed by atoms with Gasteiger partial charge in [-0.25, -0.2) is 4.79 Å². The Morgan fingerprint density at radius 3 is 2.05 bits per heavy atom. The number of nitrogens with one attached hydrogen (secondary N) is 2. The summed E-state index contributed by atoms with van der Waals surface area (Å²) in [6.07, 6.45) is -2.64. The van der Waals surface area contributed by atoms with Crippen molar-refractivity contribution in [3.8, 4) is 5.75 Å². The summed E-state index contributed by atoms with van der Waals surface area (Å²) in [5.74, 6) is 0.705. The second-order valence-electron chi connectivity index (χ2n) is 10.0. The van der Waals surface area contributed by atoms with Gasteiger partial charge in [0.2, 0.25) is 0 Å². The molecular formula is C30H32F3N5O3. The van der Waals surface area contributed by atoms with Crippen molar-refractivity contribution in [3.05, 3.63) is 77.9 Å². The van der Waals surface area contributed by atoms with Gasteiger partial charge in [-0.1, -0.05) is 18.2 Å². The zero-order valence-corrected chi connectivity index (χ0v) is 22.7. The van der Waals surface area contributed by atoms with Gasteiger partial charge in [-0.3, -0.25) is 4.79 Å². The molecule has 2 aliphatic heterocycles. The van der Waals surface area contributed by atoms with Crippen LogP contribution >= 0.6 is 0 Å². The van der Waals surface area contributed by atoms with E-state index in [1.807, 2.05) is 35.2 Å². The third-order valence-electron chi connectivity index (χ3n) is 7.37. The van der Waals surface area contributed by atoms with Crippen LogP contribution in [0.5, 0.6) is 5.75 Å². The number of benzene rings is 3. The van der Waals surface area contributed by atoms with Crippen molar-refractivity contribution in [1.82, 2.24) is 4.90 Å². The van der Waals surface area contributed by atoms with Crippen molar-refractivity contribution in [2.45, 2.75) is 19.0 Å². The lowest BCUT2D eigenvalue weighted by atomic mass is 10.1. The van der Waals surface area contributed by atoms with E-state index in [1.165, 1.54) is 12.1 Å². The molecule has 2 aliphatic rings. The summed E-state index contributed by atoms with van der Waals surface area (Å²) in [5.41, 5.74) is 1.81. The van der Waals surface area contributed by atoms with Crippen molar-refractivity contribution >= 4 is 34.7 Å². The number of carbonyl (C=O) groups excluding carboxylic acids is 2. The fourth-order valence-corrected chi connectivity index (χ4v) is 5.30. The van der Waals surface area contributed by atoms with Gasteiger partial charge < -0.3 is 30.1 Å². The molecule has 0 bridgehead atoms. The summed E-state index contributed by atoms with van der Waals surface area (Å²) in [7, 11) is 1.65. The summed E-state index contributed by atoms with van der Waals surface area (Å²) in [6.45, 7) is 4.18. The first-order chi connectivity index (χ1) is 19.7. The van der Waals surface area contributed by atoms with Crippen LogP contribution in [0.4, 0.5) is 40.7 Å². The predicted octanol–water partition coefficient (Wildman–Crippen LogP) is 5.92. The Hall–Kier alpha value is -4.41. The number of urea groups is 1. The van der Waals surface area contributed by atoms with Gasteiger partial charge in [-0.15, -0.1) is 0 Å². The number of amides is 3. The number of nitrogens with zero attached hydrogens (tertiary/aromatic N) is 3. The number of para-hydroxylation sites is 2. The maximum Gasteiger partial charge on any atom is 0.416 e. The SMILES string of the molecule is COc1ccccc1N1CCN(c2ccc(NC(=O)Nc3cccc(C(F)(F)F)c3)cc2C(=O)N2CCCC2)CC1. The van der Waals surface area contributed by atoms with Gasteiger partial charge in [0, 0.05) is 56.3 Å². The van der Waals surface area contributed by atoms with Gasteiger partial charge >= 0.3 is 12.2 Å². The van der Waals surface area contributed by atoms with Crippen LogP contribution in [0.1, 0.15) is 28.8 Å². The second kappa shape index (κ2) is 12.0. The molecule has 3 aromatic rings. The largest absolute Gasteiger partial charge is 0.495 e. The third-order valence-corrected chi connectivity index (χ3v) is 7.37. The van der Waals surface area contributed by atoms with Crippen LogP contribution in [0.15, 0.2) is 66.7 Å². The average molecular weight is 568 g/mol. The molecule has 216 valence electrons. The number of rotatable bonds is 6. The Balaban J connectivity index is 1.33. The van der Waals surface area contributed by atoms with E-state index in [-0.39, 0.29) is 11.6 Å². The number of halogens is 3. The van der Waals surface area contributed by atoms with Crippen molar-refractivity contribution in [3.63, 3.8) is 0 Å². The van der Waals surface area contributed by atoms with Crippen molar-refractivity contribution in [2.75, 3.05) is 66.8 Å². The van der Waals surface area contributed by atoms with Crippen molar-refractivity contribution < 1.29 is 27.5 Å². The minimum Gasteiger partial charge on any atom is -0.495 e. The highest BCUT2D eigenvalue weighted by molar-refractivity contribution is 6.04. The molecule has 0 saturated carbocycles. The highest BCUT2D eigenvalue weighted by Crippen LogP contribution is 2.33. The van der Waals surface area contributed by atoms with E-state index >= 15 is 0 Å². The molecule has 41 heavy (non-hydrogen) atoms. The maximum atomic E-state index is 13.6. The summed E-state index contributed by atoms with van der Waals surface area (Å²) < 4.78 is 44.7. The third kappa shape index (κ3) is 6.50. The number of anilines is 4. The molecule has 0 aromatic heterocycles. The molecule has 5 rings (SSSR count). The van der Waals surface area contributed by atoms with Crippen LogP contribution in [0.3, 0.4) is 0 Å². The highest BCUT2D eigenvalue weighted by atomic mass is 19.4. The van der Waals surface area contributed by atoms with Crippen LogP contribution in [0.25, 0.3) is 0 Å². The lowest BCUT2D eigenvalue weighted by Gasteiger charge is -2.38.